The predicted molar refractivity (Wildman–Crippen MR) is 42.2 cm³/mol. The molecule has 0 saturated heterocycles. The van der Waals surface area contributed by atoms with E-state index in [0.717, 1.165) is 0 Å². The first-order valence-corrected chi connectivity index (χ1v) is 3.09. The first-order valence-electron chi connectivity index (χ1n) is 3.09. The molecule has 0 bridgehead atoms. The van der Waals surface area contributed by atoms with Crippen LogP contribution in [0.1, 0.15) is 0 Å². The van der Waals surface area contributed by atoms with Crippen LogP contribution in [0, 0.1) is 5.53 Å². The maximum absolute atomic E-state index is 6.75. The van der Waals surface area contributed by atoms with Crippen molar-refractivity contribution in [3.63, 3.8) is 0 Å². The fourth-order valence-electron chi connectivity index (χ4n) is 0.747. The molecule has 0 spiro atoms. The minimum Gasteiger partial charge on any atom is -0.497 e. The summed E-state index contributed by atoms with van der Waals surface area (Å²) >= 11 is 0. The number of nitrogen functional groups attached to an aromatic ring is 1. The zero-order chi connectivity index (χ0) is 8.27. The van der Waals surface area contributed by atoms with Gasteiger partial charge < -0.3 is 10.5 Å². The van der Waals surface area contributed by atoms with E-state index < -0.39 is 0 Å². The van der Waals surface area contributed by atoms with Crippen molar-refractivity contribution in [2.45, 2.75) is 0 Å². The fraction of sp³-hybridized carbons (Fsp3) is 0.143. The smallest absolute Gasteiger partial charge is 0.121 e. The fourth-order valence-corrected chi connectivity index (χ4v) is 0.747. The van der Waals surface area contributed by atoms with E-state index in [-0.39, 0.29) is 0 Å². The van der Waals surface area contributed by atoms with Gasteiger partial charge in [0.2, 0.25) is 0 Å². The lowest BCUT2D eigenvalue weighted by molar-refractivity contribution is 0.415. The van der Waals surface area contributed by atoms with Gasteiger partial charge in [0, 0.05) is 6.07 Å². The van der Waals surface area contributed by atoms with E-state index in [1.54, 1.807) is 25.3 Å². The second-order valence-electron chi connectivity index (χ2n) is 2.04. The van der Waals surface area contributed by atoms with Crippen LogP contribution in [0.4, 0.5) is 11.4 Å². The van der Waals surface area contributed by atoms with Crippen LogP contribution < -0.4 is 10.5 Å². The highest BCUT2D eigenvalue weighted by Gasteiger charge is 1.98. The number of nitrogens with zero attached hydrogens (tertiary/aromatic N) is 1. The Labute approximate surface area is 64.5 Å². The number of rotatable bonds is 2. The van der Waals surface area contributed by atoms with Gasteiger partial charge in [0.25, 0.3) is 0 Å². The number of hydrogen-bond donors (Lipinski definition) is 2. The number of nitrogens with one attached hydrogen (secondary N) is 1. The number of anilines is 1. The molecule has 0 aliphatic carbocycles. The number of methoxy groups -OCH3 is 1. The van der Waals surface area contributed by atoms with Gasteiger partial charge in [-0.25, -0.2) is 5.53 Å². The Morgan fingerprint density at radius 2 is 2.27 bits per heavy atom. The summed E-state index contributed by atoms with van der Waals surface area (Å²) in [5, 5.41) is 3.22. The van der Waals surface area contributed by atoms with E-state index in [1.807, 2.05) is 0 Å². The second kappa shape index (κ2) is 3.01. The average Bonchev–Trinajstić information content (AvgIpc) is 2.05. The lowest BCUT2D eigenvalue weighted by Gasteiger charge is -2.01. The SMILES string of the molecule is COc1ccc(N)c(N=N)c1. The number of nitrogens with two attached hydrogens (primary N) is 1. The molecule has 3 N–H and O–H groups in total. The van der Waals surface area contributed by atoms with Crippen molar-refractivity contribution >= 4 is 11.4 Å². The molecule has 1 aromatic carbocycles. The van der Waals surface area contributed by atoms with E-state index in [2.05, 4.69) is 5.11 Å². The normalized spacial score (nSPS) is 9.18. The lowest BCUT2D eigenvalue weighted by Crippen LogP contribution is -1.86. The Kier molecular flexibility index (Phi) is 2.06. The molecule has 1 aromatic rings. The summed E-state index contributed by atoms with van der Waals surface area (Å²) in [7, 11) is 1.55. The third-order valence-corrected chi connectivity index (χ3v) is 1.36. The molecule has 0 amide bonds. The van der Waals surface area contributed by atoms with E-state index in [0.29, 0.717) is 17.1 Å². The molecule has 0 atom stereocenters. The third kappa shape index (κ3) is 1.46. The molecular weight excluding hydrogens is 142 g/mol. The van der Waals surface area contributed by atoms with Crippen LogP contribution in [0.25, 0.3) is 0 Å². The largest absolute Gasteiger partial charge is 0.497 e. The molecule has 0 unspecified atom stereocenters. The van der Waals surface area contributed by atoms with Crippen LogP contribution in [0.15, 0.2) is 23.3 Å². The van der Waals surface area contributed by atoms with Gasteiger partial charge in [-0.3, -0.25) is 0 Å². The Hall–Kier alpha value is -1.58. The Morgan fingerprint density at radius 3 is 2.82 bits per heavy atom. The highest BCUT2D eigenvalue weighted by molar-refractivity contribution is 5.64. The highest BCUT2D eigenvalue weighted by atomic mass is 16.5. The van der Waals surface area contributed by atoms with Crippen molar-refractivity contribution in [3.05, 3.63) is 18.2 Å². The van der Waals surface area contributed by atoms with Crippen molar-refractivity contribution < 1.29 is 4.74 Å². The Bertz CT molecular complexity index is 272. The van der Waals surface area contributed by atoms with E-state index in [9.17, 15) is 0 Å². The van der Waals surface area contributed by atoms with Crippen LogP contribution in [0.2, 0.25) is 0 Å². The second-order valence-corrected chi connectivity index (χ2v) is 2.04. The van der Waals surface area contributed by atoms with Crippen LogP contribution in [0.3, 0.4) is 0 Å². The van der Waals surface area contributed by atoms with E-state index in [4.69, 9.17) is 16.0 Å². The predicted octanol–water partition coefficient (Wildman–Crippen LogP) is 1.94. The van der Waals surface area contributed by atoms with Crippen molar-refractivity contribution in [1.29, 1.82) is 5.53 Å². The standard InChI is InChI=1S/C7H9N3O/c1-11-5-2-3-6(8)7(4-5)10-9/h2-4,9H,8H2,1H3. The average molecular weight is 151 g/mol. The quantitative estimate of drug-likeness (QED) is 0.500. The summed E-state index contributed by atoms with van der Waals surface area (Å²) < 4.78 is 4.91. The van der Waals surface area contributed by atoms with Gasteiger partial charge in [-0.15, -0.1) is 0 Å². The molecule has 0 radical (unpaired) electrons. The summed E-state index contributed by atoms with van der Waals surface area (Å²) in [6.07, 6.45) is 0. The van der Waals surface area contributed by atoms with Crippen LogP contribution in [-0.2, 0) is 0 Å². The molecule has 58 valence electrons. The molecule has 0 aromatic heterocycles. The van der Waals surface area contributed by atoms with Gasteiger partial charge in [-0.05, 0) is 12.1 Å². The maximum atomic E-state index is 6.75. The topological polar surface area (TPSA) is 71.5 Å². The molecule has 0 saturated carbocycles. The van der Waals surface area contributed by atoms with Crippen molar-refractivity contribution in [1.82, 2.24) is 0 Å². The molecule has 0 aliphatic heterocycles. The van der Waals surface area contributed by atoms with Gasteiger partial charge in [-0.2, -0.15) is 5.11 Å². The Balaban J connectivity index is 3.12. The molecule has 0 aliphatic rings. The van der Waals surface area contributed by atoms with Crippen LogP contribution >= 0.6 is 0 Å². The van der Waals surface area contributed by atoms with Gasteiger partial charge >= 0.3 is 0 Å². The number of benzene rings is 1. The number of ether oxygens (including phenoxy) is 1. The molecule has 0 heterocycles. The van der Waals surface area contributed by atoms with Crippen LogP contribution in [-0.4, -0.2) is 7.11 Å². The molecule has 4 nitrogen and oxygen atoms in total. The highest BCUT2D eigenvalue weighted by Crippen LogP contribution is 2.26. The zero-order valence-corrected chi connectivity index (χ0v) is 6.16. The van der Waals surface area contributed by atoms with Crippen molar-refractivity contribution in [3.8, 4) is 5.75 Å². The summed E-state index contributed by atoms with van der Waals surface area (Å²) in [6, 6.07) is 5.00. The third-order valence-electron chi connectivity index (χ3n) is 1.36. The molecule has 0 fully saturated rings. The van der Waals surface area contributed by atoms with Gasteiger partial charge in [0.1, 0.15) is 11.4 Å². The molecule has 1 rings (SSSR count). The van der Waals surface area contributed by atoms with Crippen molar-refractivity contribution in [2.24, 2.45) is 5.11 Å². The maximum Gasteiger partial charge on any atom is 0.121 e. The summed E-state index contributed by atoms with van der Waals surface area (Å²) in [5.74, 6) is 0.658. The monoisotopic (exact) mass is 151 g/mol. The number of hydrogen-bond acceptors (Lipinski definition) is 4. The summed E-state index contributed by atoms with van der Waals surface area (Å²) in [6.45, 7) is 0. The first-order chi connectivity index (χ1) is 5.27. The van der Waals surface area contributed by atoms with Gasteiger partial charge in [0.15, 0.2) is 0 Å². The molecular formula is C7H9N3O. The van der Waals surface area contributed by atoms with Crippen molar-refractivity contribution in [2.75, 3.05) is 12.8 Å². The summed E-state index contributed by atoms with van der Waals surface area (Å²) in [5.41, 5.74) is 13.2. The Morgan fingerprint density at radius 1 is 1.55 bits per heavy atom. The first kappa shape index (κ1) is 7.53. The summed E-state index contributed by atoms with van der Waals surface area (Å²) in [4.78, 5) is 0. The van der Waals surface area contributed by atoms with Gasteiger partial charge in [-0.1, -0.05) is 0 Å². The molecule has 11 heavy (non-hydrogen) atoms. The minimum atomic E-state index is 0.435. The lowest BCUT2D eigenvalue weighted by atomic mass is 10.2. The van der Waals surface area contributed by atoms with E-state index in [1.165, 1.54) is 0 Å². The molecule has 4 heteroatoms. The van der Waals surface area contributed by atoms with Crippen LogP contribution in [0.5, 0.6) is 5.75 Å². The van der Waals surface area contributed by atoms with Gasteiger partial charge in [0.05, 0.1) is 12.8 Å². The van der Waals surface area contributed by atoms with E-state index >= 15 is 0 Å². The zero-order valence-electron chi connectivity index (χ0n) is 6.16. The minimum absolute atomic E-state index is 0.435.